The highest BCUT2D eigenvalue weighted by Crippen LogP contribution is 2.27. The quantitative estimate of drug-likeness (QED) is 0.615. The van der Waals surface area contributed by atoms with E-state index in [1.54, 1.807) is 0 Å². The average Bonchev–Trinajstić information content (AvgIpc) is 2.96. The summed E-state index contributed by atoms with van der Waals surface area (Å²) in [5.41, 5.74) is 3.56. The molecule has 2 aromatic heterocycles. The normalized spacial score (nSPS) is 11.2. The van der Waals surface area contributed by atoms with Crippen molar-refractivity contribution >= 4 is 35.1 Å². The fourth-order valence-corrected chi connectivity index (χ4v) is 3.95. The van der Waals surface area contributed by atoms with Gasteiger partial charge in [0.05, 0.1) is 0 Å². The van der Waals surface area contributed by atoms with Crippen LogP contribution in [-0.4, -0.2) is 25.6 Å². The molecule has 0 aliphatic carbocycles. The minimum absolute atomic E-state index is 0.0426. The van der Waals surface area contributed by atoms with Gasteiger partial charge in [-0.25, -0.2) is 4.98 Å². The number of fused-ring (bicyclic) bond motifs is 1. The van der Waals surface area contributed by atoms with Crippen molar-refractivity contribution in [3.8, 4) is 0 Å². The second-order valence-electron chi connectivity index (χ2n) is 5.63. The van der Waals surface area contributed by atoms with Gasteiger partial charge in [-0.3, -0.25) is 4.40 Å². The molecule has 2 heterocycles. The van der Waals surface area contributed by atoms with E-state index < -0.39 is 5.97 Å². The third kappa shape index (κ3) is 3.77. The molecule has 0 N–H and O–H groups in total. The molecule has 0 unspecified atom stereocenters. The van der Waals surface area contributed by atoms with Gasteiger partial charge in [0.25, 0.3) is 5.78 Å². The molecule has 0 saturated heterocycles. The first-order chi connectivity index (χ1) is 12.0. The van der Waals surface area contributed by atoms with E-state index in [4.69, 9.17) is 11.6 Å². The van der Waals surface area contributed by atoms with Crippen LogP contribution in [0.15, 0.2) is 29.4 Å². The van der Waals surface area contributed by atoms with Crippen LogP contribution in [0.4, 0.5) is 0 Å². The molecule has 0 aliphatic heterocycles. The Balaban J connectivity index is 1.92. The standard InChI is InChI=1S/C17H17ClN4O2S/c1-10-13(7-8-15(23)24)11(2)22-16(19-10)20-21-17(22)25-9-12-5-3-4-6-14(12)18/h3-6H,7-9H2,1-2H3,(H,23,24)/p-1. The molecule has 0 saturated carbocycles. The van der Waals surface area contributed by atoms with E-state index in [9.17, 15) is 9.90 Å². The van der Waals surface area contributed by atoms with Crippen molar-refractivity contribution in [1.29, 1.82) is 0 Å². The number of carbonyl (C=O) groups excluding carboxylic acids is 1. The van der Waals surface area contributed by atoms with Gasteiger partial charge in [0.15, 0.2) is 5.16 Å². The second kappa shape index (κ2) is 7.41. The summed E-state index contributed by atoms with van der Waals surface area (Å²) in [4.78, 5) is 15.2. The molecular weight excluding hydrogens is 360 g/mol. The summed E-state index contributed by atoms with van der Waals surface area (Å²) in [7, 11) is 0. The molecule has 25 heavy (non-hydrogen) atoms. The van der Waals surface area contributed by atoms with E-state index in [1.165, 1.54) is 11.8 Å². The van der Waals surface area contributed by atoms with E-state index in [-0.39, 0.29) is 6.42 Å². The van der Waals surface area contributed by atoms with Crippen molar-refractivity contribution in [1.82, 2.24) is 19.6 Å². The lowest BCUT2D eigenvalue weighted by molar-refractivity contribution is -0.305. The van der Waals surface area contributed by atoms with Gasteiger partial charge < -0.3 is 9.90 Å². The number of hydrogen-bond acceptors (Lipinski definition) is 6. The van der Waals surface area contributed by atoms with Gasteiger partial charge in [-0.05, 0) is 43.9 Å². The largest absolute Gasteiger partial charge is 0.550 e. The van der Waals surface area contributed by atoms with Crippen LogP contribution >= 0.6 is 23.4 Å². The van der Waals surface area contributed by atoms with Crippen molar-refractivity contribution in [3.05, 3.63) is 51.8 Å². The highest BCUT2D eigenvalue weighted by molar-refractivity contribution is 7.98. The summed E-state index contributed by atoms with van der Waals surface area (Å²) >= 11 is 7.71. The monoisotopic (exact) mass is 375 g/mol. The maximum atomic E-state index is 10.8. The molecule has 130 valence electrons. The molecule has 0 aliphatic rings. The number of hydrogen-bond donors (Lipinski definition) is 0. The first-order valence-corrected chi connectivity index (χ1v) is 9.11. The van der Waals surface area contributed by atoms with Crippen molar-refractivity contribution < 1.29 is 9.90 Å². The molecule has 0 bridgehead atoms. The van der Waals surface area contributed by atoms with Gasteiger partial charge in [-0.15, -0.1) is 10.2 Å². The van der Waals surface area contributed by atoms with Crippen LogP contribution in [0.1, 0.15) is 28.9 Å². The Morgan fingerprint density at radius 1 is 1.28 bits per heavy atom. The highest BCUT2D eigenvalue weighted by atomic mass is 35.5. The zero-order chi connectivity index (χ0) is 18.0. The Hall–Kier alpha value is -2.12. The van der Waals surface area contributed by atoms with E-state index in [0.717, 1.165) is 22.5 Å². The van der Waals surface area contributed by atoms with E-state index in [1.807, 2.05) is 42.5 Å². The minimum Gasteiger partial charge on any atom is -0.550 e. The van der Waals surface area contributed by atoms with E-state index >= 15 is 0 Å². The molecule has 0 amide bonds. The van der Waals surface area contributed by atoms with Gasteiger partial charge in [-0.2, -0.15) is 0 Å². The predicted octanol–water partition coefficient (Wildman–Crippen LogP) is 2.37. The molecule has 8 heteroatoms. The number of rotatable bonds is 6. The molecule has 3 rings (SSSR count). The summed E-state index contributed by atoms with van der Waals surface area (Å²) < 4.78 is 1.86. The minimum atomic E-state index is -1.07. The zero-order valence-corrected chi connectivity index (χ0v) is 15.4. The van der Waals surface area contributed by atoms with Crippen LogP contribution in [0.5, 0.6) is 0 Å². The average molecular weight is 376 g/mol. The van der Waals surface area contributed by atoms with Crippen LogP contribution in [0.3, 0.4) is 0 Å². The topological polar surface area (TPSA) is 83.2 Å². The Morgan fingerprint density at radius 3 is 2.76 bits per heavy atom. The maximum Gasteiger partial charge on any atom is 0.256 e. The van der Waals surface area contributed by atoms with Gasteiger partial charge in [0.2, 0.25) is 0 Å². The highest BCUT2D eigenvalue weighted by Gasteiger charge is 2.15. The lowest BCUT2D eigenvalue weighted by Crippen LogP contribution is -2.23. The Kier molecular flexibility index (Phi) is 5.24. The molecule has 0 radical (unpaired) electrons. The van der Waals surface area contributed by atoms with Gasteiger partial charge in [0.1, 0.15) is 0 Å². The second-order valence-corrected chi connectivity index (χ2v) is 6.98. The fourth-order valence-electron chi connectivity index (χ4n) is 2.68. The number of thioether (sulfide) groups is 1. The van der Waals surface area contributed by atoms with Crippen LogP contribution in [0, 0.1) is 13.8 Å². The summed E-state index contributed by atoms with van der Waals surface area (Å²) in [6.07, 6.45) is 0.328. The number of aryl methyl sites for hydroxylation is 2. The Morgan fingerprint density at radius 2 is 2.04 bits per heavy atom. The summed E-state index contributed by atoms with van der Waals surface area (Å²) in [5, 5.41) is 20.6. The molecule has 6 nitrogen and oxygen atoms in total. The number of aromatic nitrogens is 4. The van der Waals surface area contributed by atoms with E-state index in [2.05, 4.69) is 15.2 Å². The number of carbonyl (C=O) groups is 1. The molecule has 0 atom stereocenters. The first-order valence-electron chi connectivity index (χ1n) is 7.74. The van der Waals surface area contributed by atoms with E-state index in [0.29, 0.717) is 28.1 Å². The lowest BCUT2D eigenvalue weighted by Gasteiger charge is -2.12. The number of carboxylic acids is 1. The smallest absolute Gasteiger partial charge is 0.256 e. The number of carboxylic acid groups (broad SMARTS) is 1. The third-order valence-corrected chi connectivity index (χ3v) is 5.33. The first kappa shape index (κ1) is 17.7. The van der Waals surface area contributed by atoms with Crippen LogP contribution in [0.2, 0.25) is 5.02 Å². The number of benzene rings is 1. The van der Waals surface area contributed by atoms with Crippen molar-refractivity contribution in [3.63, 3.8) is 0 Å². The Labute approximate surface area is 154 Å². The van der Waals surface area contributed by atoms with Crippen LogP contribution in [-0.2, 0) is 17.0 Å². The van der Waals surface area contributed by atoms with Gasteiger partial charge >= 0.3 is 0 Å². The van der Waals surface area contributed by atoms with Gasteiger partial charge in [-0.1, -0.05) is 41.6 Å². The summed E-state index contributed by atoms with van der Waals surface area (Å²) in [6.45, 7) is 3.78. The van der Waals surface area contributed by atoms with Crippen LogP contribution < -0.4 is 5.11 Å². The molecule has 0 fully saturated rings. The predicted molar refractivity (Wildman–Crippen MR) is 94.6 cm³/mol. The SMILES string of the molecule is Cc1nc2nnc(SCc3ccccc3Cl)n2c(C)c1CCC(=O)[O-]. The van der Waals surface area contributed by atoms with Gasteiger partial charge in [0, 0.05) is 28.1 Å². The molecular formula is C17H16ClN4O2S-. The number of halogens is 1. The third-order valence-electron chi connectivity index (χ3n) is 3.99. The number of aliphatic carboxylic acids is 1. The van der Waals surface area contributed by atoms with Crippen LogP contribution in [0.25, 0.3) is 5.78 Å². The fraction of sp³-hybridized carbons (Fsp3) is 0.294. The van der Waals surface area contributed by atoms with Crippen molar-refractivity contribution in [2.45, 2.75) is 37.6 Å². The Bertz CT molecular complexity index is 942. The maximum absolute atomic E-state index is 10.8. The van der Waals surface area contributed by atoms with Crippen molar-refractivity contribution in [2.24, 2.45) is 0 Å². The summed E-state index contributed by atoms with van der Waals surface area (Å²) in [5.74, 6) is 0.0900. The lowest BCUT2D eigenvalue weighted by atomic mass is 10.1. The number of nitrogens with zero attached hydrogens (tertiary/aromatic N) is 4. The molecule has 1 aromatic carbocycles. The zero-order valence-electron chi connectivity index (χ0n) is 13.8. The van der Waals surface area contributed by atoms with Crippen molar-refractivity contribution in [2.75, 3.05) is 0 Å². The molecule has 3 aromatic rings. The summed E-state index contributed by atoms with van der Waals surface area (Å²) in [6, 6.07) is 7.66. The molecule has 0 spiro atoms.